The summed E-state index contributed by atoms with van der Waals surface area (Å²) in [6.07, 6.45) is 2.42. The molecule has 0 aliphatic carbocycles. The van der Waals surface area contributed by atoms with Crippen LogP contribution in [-0.2, 0) is 16.1 Å². The molecule has 3 N–H and O–H groups in total. The average molecular weight is 407 g/mol. The Hall–Kier alpha value is -3.10. The zero-order valence-corrected chi connectivity index (χ0v) is 17.5. The molecular formula is C20H29N3O6. The van der Waals surface area contributed by atoms with E-state index in [4.69, 9.17) is 14.6 Å². The number of allylic oxidation sites excluding steroid dienone is 1. The number of pyridine rings is 1. The van der Waals surface area contributed by atoms with Crippen LogP contribution in [0.15, 0.2) is 23.9 Å². The first-order chi connectivity index (χ1) is 13.6. The van der Waals surface area contributed by atoms with Crippen LogP contribution in [0.3, 0.4) is 0 Å². The molecule has 0 saturated heterocycles. The van der Waals surface area contributed by atoms with Crippen molar-refractivity contribution in [3.63, 3.8) is 0 Å². The number of aromatic nitrogens is 1. The fourth-order valence-electron chi connectivity index (χ4n) is 2.10. The number of hydrogen-bond donors (Lipinski definition) is 3. The molecule has 1 rings (SSSR count). The molecule has 0 aromatic carbocycles. The second kappa shape index (κ2) is 11.0. The van der Waals surface area contributed by atoms with Crippen LogP contribution in [0.2, 0.25) is 0 Å². The minimum absolute atomic E-state index is 0.00950. The summed E-state index contributed by atoms with van der Waals surface area (Å²) in [5.41, 5.74) is -0.566. The number of ether oxygens (including phenoxy) is 2. The predicted octanol–water partition coefficient (Wildman–Crippen LogP) is 3.00. The molecule has 0 unspecified atom stereocenters. The summed E-state index contributed by atoms with van der Waals surface area (Å²) < 4.78 is 10.8. The number of amides is 2. The van der Waals surface area contributed by atoms with Crippen molar-refractivity contribution in [3.8, 4) is 5.75 Å². The molecular weight excluding hydrogens is 378 g/mol. The molecule has 0 bridgehead atoms. The van der Waals surface area contributed by atoms with E-state index in [9.17, 15) is 14.4 Å². The van der Waals surface area contributed by atoms with Crippen molar-refractivity contribution in [2.45, 2.75) is 59.6 Å². The van der Waals surface area contributed by atoms with E-state index in [1.54, 1.807) is 26.8 Å². The minimum atomic E-state index is -1.26. The van der Waals surface area contributed by atoms with Crippen LogP contribution in [0.4, 0.5) is 4.79 Å². The minimum Gasteiger partial charge on any atom is -0.493 e. The maximum Gasteiger partial charge on any atom is 0.407 e. The number of unbranched alkanes of at least 4 members (excludes halogenated alkanes) is 1. The van der Waals surface area contributed by atoms with Gasteiger partial charge in [-0.3, -0.25) is 4.79 Å². The van der Waals surface area contributed by atoms with Crippen LogP contribution in [-0.4, -0.2) is 40.3 Å². The first-order valence-electron chi connectivity index (χ1n) is 9.37. The van der Waals surface area contributed by atoms with Gasteiger partial charge < -0.3 is 25.2 Å². The summed E-state index contributed by atoms with van der Waals surface area (Å²) in [4.78, 5) is 39.6. The smallest absolute Gasteiger partial charge is 0.407 e. The van der Waals surface area contributed by atoms with E-state index >= 15 is 0 Å². The second-order valence-corrected chi connectivity index (χ2v) is 7.20. The largest absolute Gasteiger partial charge is 0.493 e. The summed E-state index contributed by atoms with van der Waals surface area (Å²) in [5, 5.41) is 13.9. The van der Waals surface area contributed by atoms with E-state index in [-0.39, 0.29) is 17.9 Å². The number of carboxylic acids is 1. The van der Waals surface area contributed by atoms with Gasteiger partial charge in [0.2, 0.25) is 0 Å². The summed E-state index contributed by atoms with van der Waals surface area (Å²) in [6.45, 7) is 9.22. The van der Waals surface area contributed by atoms with Gasteiger partial charge in [-0.2, -0.15) is 0 Å². The van der Waals surface area contributed by atoms with E-state index in [1.165, 1.54) is 19.1 Å². The first-order valence-corrected chi connectivity index (χ1v) is 9.37. The number of nitrogens with one attached hydrogen (secondary N) is 2. The Bertz CT molecular complexity index is 768. The quantitative estimate of drug-likeness (QED) is 0.424. The van der Waals surface area contributed by atoms with E-state index in [0.29, 0.717) is 18.1 Å². The Kier molecular flexibility index (Phi) is 9.11. The Labute approximate surface area is 170 Å². The lowest BCUT2D eigenvalue weighted by Crippen LogP contribution is -2.32. The number of alkyl carbamates (subject to hydrolysis) is 1. The van der Waals surface area contributed by atoms with Crippen LogP contribution >= 0.6 is 0 Å². The van der Waals surface area contributed by atoms with E-state index in [0.717, 1.165) is 12.8 Å². The van der Waals surface area contributed by atoms with Gasteiger partial charge >= 0.3 is 12.1 Å². The van der Waals surface area contributed by atoms with Gasteiger partial charge in [-0.25, -0.2) is 14.6 Å². The number of carbonyl (C=O) groups excluding carboxylic acids is 2. The highest BCUT2D eigenvalue weighted by Crippen LogP contribution is 2.16. The third-order valence-corrected chi connectivity index (χ3v) is 3.43. The van der Waals surface area contributed by atoms with E-state index in [2.05, 4.69) is 15.6 Å². The Morgan fingerprint density at radius 3 is 2.48 bits per heavy atom. The first kappa shape index (κ1) is 23.9. The molecule has 0 spiro atoms. The van der Waals surface area contributed by atoms with Crippen molar-refractivity contribution < 1.29 is 29.0 Å². The fraction of sp³-hybridized carbons (Fsp3) is 0.500. The molecule has 9 nitrogen and oxygen atoms in total. The molecule has 0 aliphatic heterocycles. The van der Waals surface area contributed by atoms with Gasteiger partial charge in [0.1, 0.15) is 22.7 Å². The van der Waals surface area contributed by atoms with Crippen molar-refractivity contribution in [3.05, 3.63) is 35.3 Å². The summed E-state index contributed by atoms with van der Waals surface area (Å²) >= 11 is 0. The number of rotatable bonds is 9. The van der Waals surface area contributed by atoms with Gasteiger partial charge in [-0.05, 0) is 34.1 Å². The normalized spacial score (nSPS) is 11.6. The lowest BCUT2D eigenvalue weighted by Gasteiger charge is -2.19. The van der Waals surface area contributed by atoms with Gasteiger partial charge in [-0.15, -0.1) is 0 Å². The molecule has 9 heteroatoms. The molecule has 0 atom stereocenters. The van der Waals surface area contributed by atoms with Crippen molar-refractivity contribution in [1.29, 1.82) is 0 Å². The van der Waals surface area contributed by atoms with E-state index in [1.807, 2.05) is 6.92 Å². The number of nitrogens with zero attached hydrogens (tertiary/aromatic N) is 1. The molecule has 0 fully saturated rings. The molecule has 1 aromatic rings. The zero-order valence-electron chi connectivity index (χ0n) is 17.5. The fourth-order valence-corrected chi connectivity index (χ4v) is 2.10. The topological polar surface area (TPSA) is 127 Å². The Balaban J connectivity index is 3.01. The Morgan fingerprint density at radius 1 is 1.24 bits per heavy atom. The maximum atomic E-state index is 12.4. The van der Waals surface area contributed by atoms with Crippen LogP contribution < -0.4 is 15.4 Å². The third-order valence-electron chi connectivity index (χ3n) is 3.43. The molecule has 160 valence electrons. The van der Waals surface area contributed by atoms with Crippen molar-refractivity contribution >= 4 is 18.0 Å². The highest BCUT2D eigenvalue weighted by molar-refractivity contribution is 5.99. The van der Waals surface area contributed by atoms with Crippen molar-refractivity contribution in [2.75, 3.05) is 6.61 Å². The molecule has 2 amide bonds. The van der Waals surface area contributed by atoms with Crippen molar-refractivity contribution in [1.82, 2.24) is 15.6 Å². The number of hydrogen-bond acceptors (Lipinski definition) is 6. The summed E-state index contributed by atoms with van der Waals surface area (Å²) in [5.74, 6) is -1.56. The van der Waals surface area contributed by atoms with Gasteiger partial charge in [-0.1, -0.05) is 19.4 Å². The lowest BCUT2D eigenvalue weighted by atomic mass is 10.2. The highest BCUT2D eigenvalue weighted by Gasteiger charge is 2.18. The standard InChI is InChI=1S/C20H29N3O6/c1-6-8-9-28-14-10-13(12-21-19(27)29-20(3,4)5)22-16(11-14)17(24)23-15(7-2)18(25)26/h7,10-11H,6,8-9,12H2,1-5H3,(H,21,27)(H,23,24)(H,25,26)/b15-7-. The molecule has 0 aliphatic rings. The van der Waals surface area contributed by atoms with Gasteiger partial charge in [0.25, 0.3) is 5.91 Å². The summed E-state index contributed by atoms with van der Waals surface area (Å²) in [7, 11) is 0. The van der Waals surface area contributed by atoms with Crippen LogP contribution in [0, 0.1) is 0 Å². The molecule has 1 aromatic heterocycles. The zero-order chi connectivity index (χ0) is 22.0. The van der Waals surface area contributed by atoms with Gasteiger partial charge in [0.05, 0.1) is 18.8 Å². The van der Waals surface area contributed by atoms with E-state index < -0.39 is 23.6 Å². The number of carbonyl (C=O) groups is 3. The molecule has 0 radical (unpaired) electrons. The molecule has 29 heavy (non-hydrogen) atoms. The van der Waals surface area contributed by atoms with Crippen LogP contribution in [0.5, 0.6) is 5.75 Å². The Morgan fingerprint density at radius 2 is 1.93 bits per heavy atom. The van der Waals surface area contributed by atoms with Gasteiger partial charge in [0.15, 0.2) is 0 Å². The predicted molar refractivity (Wildman–Crippen MR) is 107 cm³/mol. The van der Waals surface area contributed by atoms with Gasteiger partial charge in [0, 0.05) is 12.1 Å². The lowest BCUT2D eigenvalue weighted by molar-refractivity contribution is -0.133. The third kappa shape index (κ3) is 9.09. The van der Waals surface area contributed by atoms with Crippen LogP contribution in [0.25, 0.3) is 0 Å². The number of aliphatic carboxylic acids is 1. The molecule has 1 heterocycles. The van der Waals surface area contributed by atoms with Crippen LogP contribution in [0.1, 0.15) is 63.6 Å². The SMILES string of the molecule is C/C=C(\NC(=O)c1cc(OCCCC)cc(CNC(=O)OC(C)(C)C)n1)C(=O)O. The van der Waals surface area contributed by atoms with Crippen molar-refractivity contribution in [2.24, 2.45) is 0 Å². The second-order valence-electron chi connectivity index (χ2n) is 7.20. The summed E-state index contributed by atoms with van der Waals surface area (Å²) in [6, 6.07) is 3.04. The maximum absolute atomic E-state index is 12.4. The number of carboxylic acid groups (broad SMARTS) is 1. The monoisotopic (exact) mass is 407 g/mol. The average Bonchev–Trinajstić information content (AvgIpc) is 2.62. The highest BCUT2D eigenvalue weighted by atomic mass is 16.6. The molecule has 0 saturated carbocycles.